The predicted octanol–water partition coefficient (Wildman–Crippen LogP) is 5.60. The van der Waals surface area contributed by atoms with Gasteiger partial charge in [0, 0.05) is 30.1 Å². The Labute approximate surface area is 178 Å². The number of likely N-dealkylation sites (tertiary alicyclic amines) is 1. The maximum Gasteiger partial charge on any atom is 0.410 e. The van der Waals surface area contributed by atoms with Crippen LogP contribution in [0, 0.1) is 0 Å². The van der Waals surface area contributed by atoms with Gasteiger partial charge in [0.05, 0.1) is 6.04 Å². The van der Waals surface area contributed by atoms with Crippen molar-refractivity contribution in [3.63, 3.8) is 0 Å². The van der Waals surface area contributed by atoms with Crippen molar-refractivity contribution in [3.8, 4) is 0 Å². The van der Waals surface area contributed by atoms with Crippen molar-refractivity contribution in [2.75, 3.05) is 11.9 Å². The number of carbonyl (C=O) groups excluding carboxylic acids is 1. The Hall–Kier alpha value is -2.22. The van der Waals surface area contributed by atoms with Crippen LogP contribution in [0.4, 0.5) is 19.0 Å². The first-order chi connectivity index (χ1) is 14.3. The van der Waals surface area contributed by atoms with E-state index in [1.165, 1.54) is 6.07 Å². The van der Waals surface area contributed by atoms with E-state index in [4.69, 9.17) is 11.6 Å². The lowest BCUT2D eigenvalue weighted by atomic mass is 9.97. The van der Waals surface area contributed by atoms with Gasteiger partial charge < -0.3 is 10.2 Å². The molecule has 0 bridgehead atoms. The highest BCUT2D eigenvalue weighted by atomic mass is 35.5. The first-order valence-corrected chi connectivity index (χ1v) is 10.6. The number of alkyl halides is 3. The molecule has 2 aliphatic heterocycles. The van der Waals surface area contributed by atoms with Crippen LogP contribution >= 0.6 is 11.6 Å². The van der Waals surface area contributed by atoms with E-state index in [1.807, 2.05) is 6.92 Å². The molecule has 2 aromatic rings. The highest BCUT2D eigenvalue weighted by Crippen LogP contribution is 2.43. The summed E-state index contributed by atoms with van der Waals surface area (Å²) < 4.78 is 42.5. The van der Waals surface area contributed by atoms with E-state index in [0.29, 0.717) is 17.1 Å². The lowest BCUT2D eigenvalue weighted by Crippen LogP contribution is -2.43. The van der Waals surface area contributed by atoms with Gasteiger partial charge in [-0.2, -0.15) is 18.3 Å². The summed E-state index contributed by atoms with van der Waals surface area (Å²) in [6, 6.07) is 5.93. The Morgan fingerprint density at radius 3 is 2.67 bits per heavy atom. The second-order valence-electron chi connectivity index (χ2n) is 7.96. The average molecular weight is 441 g/mol. The van der Waals surface area contributed by atoms with Gasteiger partial charge in [0.25, 0.3) is 5.91 Å². The number of anilines is 1. The molecule has 1 aromatic carbocycles. The molecule has 1 amide bonds. The quantitative estimate of drug-likeness (QED) is 0.675. The fourth-order valence-electron chi connectivity index (χ4n) is 4.43. The summed E-state index contributed by atoms with van der Waals surface area (Å²) in [5.74, 6) is -0.0915. The number of nitrogens with one attached hydrogen (secondary N) is 1. The summed E-state index contributed by atoms with van der Waals surface area (Å²) in [6.45, 7) is 2.63. The molecule has 1 N–H and O–H groups in total. The largest absolute Gasteiger partial charge is 0.410 e. The van der Waals surface area contributed by atoms with Crippen molar-refractivity contribution in [2.24, 2.45) is 0 Å². The Morgan fingerprint density at radius 1 is 1.27 bits per heavy atom. The number of amides is 1. The van der Waals surface area contributed by atoms with E-state index < -0.39 is 18.3 Å². The zero-order chi connectivity index (χ0) is 21.5. The predicted molar refractivity (Wildman–Crippen MR) is 109 cm³/mol. The van der Waals surface area contributed by atoms with E-state index in [0.717, 1.165) is 30.4 Å². The topological polar surface area (TPSA) is 50.2 Å². The van der Waals surface area contributed by atoms with Crippen LogP contribution in [0.1, 0.15) is 67.2 Å². The third-order valence-corrected chi connectivity index (χ3v) is 6.29. The molecular formula is C21H24ClF3N4O. The van der Waals surface area contributed by atoms with Crippen molar-refractivity contribution in [3.05, 3.63) is 46.6 Å². The van der Waals surface area contributed by atoms with Crippen LogP contribution in [-0.4, -0.2) is 39.4 Å². The van der Waals surface area contributed by atoms with E-state index in [9.17, 15) is 18.0 Å². The van der Waals surface area contributed by atoms with Gasteiger partial charge in [0.1, 0.15) is 5.82 Å². The highest BCUT2D eigenvalue weighted by molar-refractivity contribution is 6.30. The van der Waals surface area contributed by atoms with Gasteiger partial charge in [-0.05, 0) is 43.4 Å². The normalized spacial score (nSPS) is 24.3. The summed E-state index contributed by atoms with van der Waals surface area (Å²) in [7, 11) is 0. The molecule has 1 saturated heterocycles. The molecule has 0 unspecified atom stereocenters. The van der Waals surface area contributed by atoms with E-state index in [-0.39, 0.29) is 29.9 Å². The Morgan fingerprint density at radius 2 is 2.00 bits per heavy atom. The van der Waals surface area contributed by atoms with Gasteiger partial charge in [0.2, 0.25) is 0 Å². The van der Waals surface area contributed by atoms with Crippen LogP contribution in [0.2, 0.25) is 5.02 Å². The summed E-state index contributed by atoms with van der Waals surface area (Å²) >= 11 is 5.91. The van der Waals surface area contributed by atoms with Crippen LogP contribution in [0.15, 0.2) is 30.3 Å². The number of piperidine rings is 1. The van der Waals surface area contributed by atoms with Gasteiger partial charge >= 0.3 is 6.18 Å². The molecule has 4 rings (SSSR count). The first-order valence-electron chi connectivity index (χ1n) is 10.3. The van der Waals surface area contributed by atoms with Crippen LogP contribution < -0.4 is 5.32 Å². The maximum absolute atomic E-state index is 13.8. The van der Waals surface area contributed by atoms with E-state index in [1.54, 1.807) is 29.2 Å². The lowest BCUT2D eigenvalue weighted by Gasteiger charge is -2.34. The number of carbonyl (C=O) groups is 1. The van der Waals surface area contributed by atoms with Crippen LogP contribution in [-0.2, 0) is 0 Å². The molecule has 162 valence electrons. The SMILES string of the molecule is CC[C@@H]1CCCCN1C(=O)c1cc2n(n1)[C@H](C(F)(F)F)C[C@H](c1ccc(Cl)cc1)N2. The highest BCUT2D eigenvalue weighted by Gasteiger charge is 2.47. The minimum Gasteiger partial charge on any atom is -0.363 e. The van der Waals surface area contributed by atoms with E-state index in [2.05, 4.69) is 10.4 Å². The molecule has 5 nitrogen and oxygen atoms in total. The smallest absolute Gasteiger partial charge is 0.363 e. The second kappa shape index (κ2) is 8.13. The van der Waals surface area contributed by atoms with Crippen molar-refractivity contribution in [2.45, 2.75) is 63.3 Å². The molecule has 30 heavy (non-hydrogen) atoms. The van der Waals surface area contributed by atoms with Crippen molar-refractivity contribution in [1.82, 2.24) is 14.7 Å². The number of rotatable bonds is 3. The minimum atomic E-state index is -4.48. The average Bonchev–Trinajstić information content (AvgIpc) is 3.16. The zero-order valence-electron chi connectivity index (χ0n) is 16.6. The summed E-state index contributed by atoms with van der Waals surface area (Å²) in [5.41, 5.74) is 0.764. The molecule has 1 fully saturated rings. The molecule has 9 heteroatoms. The molecule has 0 radical (unpaired) electrons. The molecule has 0 aliphatic carbocycles. The number of halogens is 4. The van der Waals surface area contributed by atoms with Crippen LogP contribution in [0.5, 0.6) is 0 Å². The number of aromatic nitrogens is 2. The summed E-state index contributed by atoms with van der Waals surface area (Å²) in [6.07, 6.45) is -1.00. The maximum atomic E-state index is 13.8. The molecule has 0 saturated carbocycles. The molecule has 2 aliphatic rings. The molecule has 1 aromatic heterocycles. The third-order valence-electron chi connectivity index (χ3n) is 6.04. The van der Waals surface area contributed by atoms with Crippen molar-refractivity contribution in [1.29, 1.82) is 0 Å². The summed E-state index contributed by atoms with van der Waals surface area (Å²) in [5, 5.41) is 7.75. The Balaban J connectivity index is 1.66. The molecule has 3 atom stereocenters. The Kier molecular flexibility index (Phi) is 5.70. The van der Waals surface area contributed by atoms with Gasteiger partial charge in [-0.3, -0.25) is 4.79 Å². The Bertz CT molecular complexity index is 912. The second-order valence-corrected chi connectivity index (χ2v) is 8.39. The fraction of sp³-hybridized carbons (Fsp3) is 0.524. The number of hydrogen-bond acceptors (Lipinski definition) is 3. The summed E-state index contributed by atoms with van der Waals surface area (Å²) in [4.78, 5) is 14.8. The van der Waals surface area contributed by atoms with E-state index >= 15 is 0 Å². The standard InChI is InChI=1S/C21H24ClF3N4O/c1-2-15-5-3-4-10-28(15)20(30)17-12-19-26-16(13-6-8-14(22)9-7-13)11-18(21(23,24)25)29(19)27-17/h6-9,12,15-16,18,26H,2-5,10-11H2,1H3/t15-,16-,18+/m1/s1. The third kappa shape index (κ3) is 4.02. The number of nitrogens with zero attached hydrogens (tertiary/aromatic N) is 3. The minimum absolute atomic E-state index is 0.0591. The first kappa shape index (κ1) is 21.0. The lowest BCUT2D eigenvalue weighted by molar-refractivity contribution is -0.173. The monoisotopic (exact) mass is 440 g/mol. The van der Waals surface area contributed by atoms with Crippen molar-refractivity contribution >= 4 is 23.3 Å². The molecule has 0 spiro atoms. The molecular weight excluding hydrogens is 417 g/mol. The van der Waals surface area contributed by atoms with Crippen molar-refractivity contribution < 1.29 is 18.0 Å². The van der Waals surface area contributed by atoms with Crippen LogP contribution in [0.3, 0.4) is 0 Å². The fourth-order valence-corrected chi connectivity index (χ4v) is 4.56. The van der Waals surface area contributed by atoms with Gasteiger partial charge in [0.15, 0.2) is 11.7 Å². The van der Waals surface area contributed by atoms with Crippen LogP contribution in [0.25, 0.3) is 0 Å². The zero-order valence-corrected chi connectivity index (χ0v) is 17.4. The van der Waals surface area contributed by atoms with Gasteiger partial charge in [-0.25, -0.2) is 4.68 Å². The van der Waals surface area contributed by atoms with Gasteiger partial charge in [-0.15, -0.1) is 0 Å². The number of hydrogen-bond donors (Lipinski definition) is 1. The number of fused-ring (bicyclic) bond motifs is 1. The molecule has 3 heterocycles. The number of benzene rings is 1. The van der Waals surface area contributed by atoms with Gasteiger partial charge in [-0.1, -0.05) is 30.7 Å².